The molecule has 0 aliphatic carbocycles. The van der Waals surface area contributed by atoms with E-state index in [1.165, 1.54) is 0 Å². The molecule has 1 aliphatic rings. The Labute approximate surface area is 116 Å². The van der Waals surface area contributed by atoms with E-state index in [0.29, 0.717) is 36.8 Å². The van der Waals surface area contributed by atoms with Gasteiger partial charge in [-0.25, -0.2) is 4.79 Å². The van der Waals surface area contributed by atoms with Crippen LogP contribution in [0.4, 0.5) is 10.5 Å². The number of aryl methyl sites for hydroxylation is 1. The van der Waals surface area contributed by atoms with Gasteiger partial charge in [0, 0.05) is 36.8 Å². The maximum Gasteiger partial charge on any atom is 0.321 e. The first-order valence-corrected chi connectivity index (χ1v) is 6.53. The maximum absolute atomic E-state index is 12.1. The fraction of sp³-hybridized carbons (Fsp3) is 0.385. The first kappa shape index (κ1) is 13.7. The van der Waals surface area contributed by atoms with Crippen LogP contribution in [-0.4, -0.2) is 36.5 Å². The zero-order valence-electron chi connectivity index (χ0n) is 10.7. The summed E-state index contributed by atoms with van der Waals surface area (Å²) in [7, 11) is 0. The smallest absolute Gasteiger partial charge is 0.321 e. The molecule has 0 saturated carbocycles. The van der Waals surface area contributed by atoms with Crippen LogP contribution in [0.15, 0.2) is 18.2 Å². The van der Waals surface area contributed by atoms with Gasteiger partial charge in [0.05, 0.1) is 0 Å². The van der Waals surface area contributed by atoms with E-state index in [1.54, 1.807) is 17.0 Å². The molecule has 102 valence electrons. The zero-order valence-corrected chi connectivity index (χ0v) is 11.5. The van der Waals surface area contributed by atoms with E-state index in [2.05, 4.69) is 10.6 Å². The predicted octanol–water partition coefficient (Wildman–Crippen LogP) is 2.00. The lowest BCUT2D eigenvalue weighted by atomic mass is 10.2. The van der Waals surface area contributed by atoms with Crippen molar-refractivity contribution >= 4 is 29.2 Å². The summed E-state index contributed by atoms with van der Waals surface area (Å²) in [5, 5.41) is 6.13. The van der Waals surface area contributed by atoms with Gasteiger partial charge in [-0.15, -0.1) is 0 Å². The van der Waals surface area contributed by atoms with Crippen molar-refractivity contribution in [1.82, 2.24) is 10.2 Å². The van der Waals surface area contributed by atoms with E-state index in [4.69, 9.17) is 11.6 Å². The van der Waals surface area contributed by atoms with Crippen LogP contribution >= 0.6 is 11.6 Å². The quantitative estimate of drug-likeness (QED) is 0.827. The molecule has 1 heterocycles. The van der Waals surface area contributed by atoms with Crippen molar-refractivity contribution < 1.29 is 9.59 Å². The third-order valence-corrected chi connectivity index (χ3v) is 3.43. The number of carbonyl (C=O) groups is 2. The summed E-state index contributed by atoms with van der Waals surface area (Å²) in [5.41, 5.74) is 1.62. The van der Waals surface area contributed by atoms with Crippen LogP contribution in [0, 0.1) is 6.92 Å². The molecule has 2 N–H and O–H groups in total. The number of anilines is 1. The summed E-state index contributed by atoms with van der Waals surface area (Å²) in [6.45, 7) is 3.33. The molecule has 3 amide bonds. The molecular weight excluding hydrogens is 266 g/mol. The second-order valence-electron chi connectivity index (χ2n) is 4.48. The maximum atomic E-state index is 12.1. The van der Waals surface area contributed by atoms with Crippen LogP contribution in [0.5, 0.6) is 0 Å². The Kier molecular flexibility index (Phi) is 4.27. The molecule has 1 fully saturated rings. The first-order chi connectivity index (χ1) is 9.06. The minimum absolute atomic E-state index is 0.0197. The van der Waals surface area contributed by atoms with Gasteiger partial charge in [0.15, 0.2) is 0 Å². The Bertz CT molecular complexity index is 505. The van der Waals surface area contributed by atoms with E-state index in [-0.39, 0.29) is 11.9 Å². The van der Waals surface area contributed by atoms with Gasteiger partial charge < -0.3 is 15.5 Å². The highest BCUT2D eigenvalue weighted by Crippen LogP contribution is 2.20. The molecule has 1 aliphatic heterocycles. The normalized spacial score (nSPS) is 15.7. The molecule has 0 unspecified atom stereocenters. The Balaban J connectivity index is 1.99. The van der Waals surface area contributed by atoms with Gasteiger partial charge in [-0.3, -0.25) is 4.79 Å². The molecule has 19 heavy (non-hydrogen) atoms. The van der Waals surface area contributed by atoms with Crippen LogP contribution in [-0.2, 0) is 4.79 Å². The van der Waals surface area contributed by atoms with Gasteiger partial charge in [0.2, 0.25) is 5.91 Å². The van der Waals surface area contributed by atoms with Crippen molar-refractivity contribution in [3.8, 4) is 0 Å². The summed E-state index contributed by atoms with van der Waals surface area (Å²) < 4.78 is 0. The molecule has 2 rings (SSSR count). The lowest BCUT2D eigenvalue weighted by molar-refractivity contribution is -0.120. The summed E-state index contributed by atoms with van der Waals surface area (Å²) >= 11 is 6.01. The minimum Gasteiger partial charge on any atom is -0.354 e. The number of nitrogens with zero attached hydrogens (tertiary/aromatic N) is 1. The Morgan fingerprint density at radius 1 is 1.42 bits per heavy atom. The number of amides is 3. The Morgan fingerprint density at radius 3 is 2.95 bits per heavy atom. The number of hydrogen-bond donors (Lipinski definition) is 2. The van der Waals surface area contributed by atoms with Crippen molar-refractivity contribution in [2.45, 2.75) is 13.3 Å². The fourth-order valence-electron chi connectivity index (χ4n) is 1.84. The van der Waals surface area contributed by atoms with Crippen LogP contribution < -0.4 is 10.6 Å². The lowest BCUT2D eigenvalue weighted by Crippen LogP contribution is -2.37. The van der Waals surface area contributed by atoms with Gasteiger partial charge in [-0.05, 0) is 24.6 Å². The molecule has 1 saturated heterocycles. The zero-order chi connectivity index (χ0) is 13.8. The predicted molar refractivity (Wildman–Crippen MR) is 74.4 cm³/mol. The van der Waals surface area contributed by atoms with E-state index in [0.717, 1.165) is 5.56 Å². The Hall–Kier alpha value is -1.75. The standard InChI is InChI=1S/C13H16ClN3O2/c1-9-2-3-10(8-11(9)14)16-13(19)17-6-4-12(18)15-5-7-17/h2-3,8H,4-7H2,1H3,(H,15,18)(H,16,19). The summed E-state index contributed by atoms with van der Waals surface area (Å²) in [4.78, 5) is 24.9. The number of nitrogens with one attached hydrogen (secondary N) is 2. The van der Waals surface area contributed by atoms with Crippen molar-refractivity contribution in [3.05, 3.63) is 28.8 Å². The highest BCUT2D eigenvalue weighted by atomic mass is 35.5. The van der Waals surface area contributed by atoms with Crippen LogP contribution in [0.2, 0.25) is 5.02 Å². The van der Waals surface area contributed by atoms with Crippen molar-refractivity contribution in [3.63, 3.8) is 0 Å². The number of rotatable bonds is 1. The van der Waals surface area contributed by atoms with Crippen molar-refractivity contribution in [1.29, 1.82) is 0 Å². The number of carbonyl (C=O) groups excluding carboxylic acids is 2. The van der Waals surface area contributed by atoms with Crippen LogP contribution in [0.1, 0.15) is 12.0 Å². The fourth-order valence-corrected chi connectivity index (χ4v) is 2.02. The number of benzene rings is 1. The second-order valence-corrected chi connectivity index (χ2v) is 4.89. The summed E-state index contributed by atoms with van der Waals surface area (Å²) in [6, 6.07) is 5.17. The highest BCUT2D eigenvalue weighted by molar-refractivity contribution is 6.31. The van der Waals surface area contributed by atoms with E-state index >= 15 is 0 Å². The first-order valence-electron chi connectivity index (χ1n) is 6.15. The second kappa shape index (κ2) is 5.93. The SMILES string of the molecule is Cc1ccc(NC(=O)N2CCNC(=O)CC2)cc1Cl. The highest BCUT2D eigenvalue weighted by Gasteiger charge is 2.18. The van der Waals surface area contributed by atoms with Gasteiger partial charge >= 0.3 is 6.03 Å². The average Bonchev–Trinajstić information content (AvgIpc) is 2.59. The number of halogens is 1. The summed E-state index contributed by atoms with van der Waals surface area (Å²) in [6.07, 6.45) is 0.335. The minimum atomic E-state index is -0.212. The molecule has 0 atom stereocenters. The van der Waals surface area contributed by atoms with E-state index in [9.17, 15) is 9.59 Å². The molecule has 1 aromatic carbocycles. The van der Waals surface area contributed by atoms with E-state index in [1.807, 2.05) is 13.0 Å². The molecule has 5 nitrogen and oxygen atoms in total. The topological polar surface area (TPSA) is 61.4 Å². The number of urea groups is 1. The molecule has 0 bridgehead atoms. The van der Waals surface area contributed by atoms with Gasteiger partial charge in [0.1, 0.15) is 0 Å². The van der Waals surface area contributed by atoms with Crippen LogP contribution in [0.3, 0.4) is 0 Å². The van der Waals surface area contributed by atoms with Gasteiger partial charge in [-0.1, -0.05) is 17.7 Å². The third kappa shape index (κ3) is 3.61. The Morgan fingerprint density at radius 2 is 2.21 bits per heavy atom. The molecule has 0 aromatic heterocycles. The molecular formula is C13H16ClN3O2. The molecule has 0 radical (unpaired) electrons. The third-order valence-electron chi connectivity index (χ3n) is 3.02. The van der Waals surface area contributed by atoms with Crippen molar-refractivity contribution in [2.75, 3.05) is 25.0 Å². The van der Waals surface area contributed by atoms with Gasteiger partial charge in [0.25, 0.3) is 0 Å². The monoisotopic (exact) mass is 281 g/mol. The molecule has 1 aromatic rings. The lowest BCUT2D eigenvalue weighted by Gasteiger charge is -2.20. The molecule has 6 heteroatoms. The van der Waals surface area contributed by atoms with Crippen LogP contribution in [0.25, 0.3) is 0 Å². The largest absolute Gasteiger partial charge is 0.354 e. The van der Waals surface area contributed by atoms with Gasteiger partial charge in [-0.2, -0.15) is 0 Å². The molecule has 0 spiro atoms. The summed E-state index contributed by atoms with van der Waals surface area (Å²) in [5.74, 6) is -0.0197. The average molecular weight is 282 g/mol. The number of hydrogen-bond acceptors (Lipinski definition) is 2. The van der Waals surface area contributed by atoms with Crippen molar-refractivity contribution in [2.24, 2.45) is 0 Å². The van der Waals surface area contributed by atoms with E-state index < -0.39 is 0 Å².